The summed E-state index contributed by atoms with van der Waals surface area (Å²) in [6.07, 6.45) is -0.976. The van der Waals surface area contributed by atoms with Crippen LogP contribution in [0.15, 0.2) is 27.7 Å². The molecule has 22 nitrogen and oxygen atoms in total. The molecular weight excluding hydrogens is 997 g/mol. The summed E-state index contributed by atoms with van der Waals surface area (Å²) < 4.78 is 24.0. The summed E-state index contributed by atoms with van der Waals surface area (Å²) in [6.45, 7) is 9.90. The maximum atomic E-state index is 15.0. The molecule has 392 valence electrons. The number of rotatable bonds is 18. The first-order valence-electron chi connectivity index (χ1n) is 23.6. The molecule has 1 aromatic carbocycles. The van der Waals surface area contributed by atoms with E-state index in [9.17, 15) is 47.7 Å². The van der Waals surface area contributed by atoms with Crippen molar-refractivity contribution < 1.29 is 57.1 Å². The maximum Gasteiger partial charge on any atom is 0.329 e. The number of fused-ring (bicyclic) bond motifs is 2. The van der Waals surface area contributed by atoms with Crippen LogP contribution in [0.4, 0.5) is 0 Å². The van der Waals surface area contributed by atoms with E-state index in [0.717, 1.165) is 4.90 Å². The SMILES string of the molecule is CCCC(=O)NC(CCS(C)=O)C(=O)NC1C(=O)NC(CCCN=C(N)N)C(=O)NC2CCC(O)N(C2=O)C(C(C)CC)C(=O)N(C)C(Cc2ccc(OC)c(Br)c2)C(=O)NC(C(C)C)C(=O)OC1C. The molecule has 0 aromatic heterocycles. The van der Waals surface area contributed by atoms with Crippen LogP contribution in [0.1, 0.15) is 98.5 Å². The number of carbonyl (C=O) groups excluding carboxylic acids is 8. The Morgan fingerprint density at radius 3 is 2.30 bits per heavy atom. The summed E-state index contributed by atoms with van der Waals surface area (Å²) >= 11 is 3.48. The molecule has 2 fully saturated rings. The molecule has 3 rings (SSSR count). The van der Waals surface area contributed by atoms with E-state index in [1.807, 2.05) is 0 Å². The number of piperidine rings is 1. The van der Waals surface area contributed by atoms with E-state index in [1.165, 1.54) is 32.2 Å². The zero-order valence-electron chi connectivity index (χ0n) is 41.6. The second-order valence-electron chi connectivity index (χ2n) is 18.1. The van der Waals surface area contributed by atoms with Crippen LogP contribution in [0, 0.1) is 11.8 Å². The van der Waals surface area contributed by atoms with Crippen molar-refractivity contribution in [2.45, 2.75) is 154 Å². The molecule has 11 unspecified atom stereocenters. The van der Waals surface area contributed by atoms with Crippen molar-refractivity contribution in [1.29, 1.82) is 0 Å². The minimum atomic E-state index is -1.75. The van der Waals surface area contributed by atoms with Gasteiger partial charge in [-0.3, -0.25) is 42.8 Å². The van der Waals surface area contributed by atoms with Crippen molar-refractivity contribution in [3.63, 3.8) is 0 Å². The van der Waals surface area contributed by atoms with Crippen LogP contribution in [-0.4, -0.2) is 160 Å². The molecule has 0 saturated carbocycles. The maximum absolute atomic E-state index is 15.0. The van der Waals surface area contributed by atoms with Gasteiger partial charge in [0.05, 0.1) is 11.6 Å². The number of esters is 1. The largest absolute Gasteiger partial charge is 0.496 e. The number of ether oxygens (including phenoxy) is 2. The number of nitrogens with one attached hydrogen (secondary N) is 5. The van der Waals surface area contributed by atoms with Crippen LogP contribution in [0.2, 0.25) is 0 Å². The first-order chi connectivity index (χ1) is 32.9. The first-order valence-corrected chi connectivity index (χ1v) is 26.1. The molecule has 2 aliphatic heterocycles. The van der Waals surface area contributed by atoms with Gasteiger partial charge in [-0.25, -0.2) is 4.79 Å². The van der Waals surface area contributed by atoms with Crippen LogP contribution in [-0.2, 0) is 60.3 Å². The van der Waals surface area contributed by atoms with Gasteiger partial charge < -0.3 is 62.4 Å². The summed E-state index contributed by atoms with van der Waals surface area (Å²) in [4.78, 5) is 121. The minimum absolute atomic E-state index is 0.00364. The Morgan fingerprint density at radius 2 is 1.71 bits per heavy atom. The average molecular weight is 1070 g/mol. The molecule has 1 aromatic rings. The molecule has 2 bridgehead atoms. The monoisotopic (exact) mass is 1070 g/mol. The number of aliphatic hydroxyl groups excluding tert-OH is 1. The third-order valence-corrected chi connectivity index (χ3v) is 13.8. The molecule has 2 aliphatic rings. The highest BCUT2D eigenvalue weighted by Gasteiger charge is 2.47. The normalized spacial score (nSPS) is 25.4. The molecular formula is C46H73BrN10O12S. The van der Waals surface area contributed by atoms with Gasteiger partial charge in [0.1, 0.15) is 60.4 Å². The van der Waals surface area contributed by atoms with Crippen LogP contribution in [0.5, 0.6) is 5.75 Å². The Bertz CT molecular complexity index is 2090. The molecule has 7 amide bonds. The van der Waals surface area contributed by atoms with E-state index >= 15 is 0 Å². The van der Waals surface area contributed by atoms with Gasteiger partial charge in [0.25, 0.3) is 0 Å². The van der Waals surface area contributed by atoms with E-state index in [4.69, 9.17) is 20.9 Å². The summed E-state index contributed by atoms with van der Waals surface area (Å²) in [5.74, 6) is -7.49. The highest BCUT2D eigenvalue weighted by atomic mass is 79.9. The van der Waals surface area contributed by atoms with E-state index in [-0.39, 0.29) is 63.2 Å². The molecule has 10 N–H and O–H groups in total. The zero-order valence-corrected chi connectivity index (χ0v) is 44.0. The topological polar surface area (TPSA) is 323 Å². The molecule has 2 saturated heterocycles. The lowest BCUT2D eigenvalue weighted by Gasteiger charge is -2.44. The number of guanidine groups is 1. The number of hydrogen-bond acceptors (Lipinski definition) is 13. The highest BCUT2D eigenvalue weighted by Crippen LogP contribution is 2.29. The number of carbonyl (C=O) groups is 8. The molecule has 0 aliphatic carbocycles. The van der Waals surface area contributed by atoms with Gasteiger partial charge in [0, 0.05) is 49.2 Å². The number of nitrogens with two attached hydrogens (primary N) is 2. The number of aliphatic imine (C=N–C) groups is 1. The van der Waals surface area contributed by atoms with Crippen molar-refractivity contribution in [2.75, 3.05) is 32.7 Å². The fourth-order valence-corrected chi connectivity index (χ4v) is 9.28. The fourth-order valence-electron chi connectivity index (χ4n) is 8.12. The smallest absolute Gasteiger partial charge is 0.329 e. The molecule has 2 heterocycles. The van der Waals surface area contributed by atoms with Crippen molar-refractivity contribution >= 4 is 80.0 Å². The molecule has 11 atom stereocenters. The van der Waals surface area contributed by atoms with Gasteiger partial charge in [0.2, 0.25) is 41.4 Å². The Kier molecular flexibility index (Phi) is 23.5. The van der Waals surface area contributed by atoms with E-state index in [1.54, 1.807) is 52.8 Å². The van der Waals surface area contributed by atoms with Crippen molar-refractivity contribution in [1.82, 2.24) is 36.4 Å². The lowest BCUT2D eigenvalue weighted by molar-refractivity contribution is -0.168. The van der Waals surface area contributed by atoms with Gasteiger partial charge in [-0.1, -0.05) is 47.1 Å². The average Bonchev–Trinajstić information content (AvgIpc) is 3.29. The second-order valence-corrected chi connectivity index (χ2v) is 20.5. The van der Waals surface area contributed by atoms with Crippen molar-refractivity contribution in [2.24, 2.45) is 28.3 Å². The van der Waals surface area contributed by atoms with Crippen LogP contribution in [0.25, 0.3) is 0 Å². The van der Waals surface area contributed by atoms with Crippen LogP contribution in [0.3, 0.4) is 0 Å². The number of nitrogens with zero attached hydrogens (tertiary/aromatic N) is 3. The number of likely N-dealkylation sites (N-methyl/N-ethyl adjacent to an activating group) is 1. The van der Waals surface area contributed by atoms with E-state index in [2.05, 4.69) is 47.5 Å². The summed E-state index contributed by atoms with van der Waals surface area (Å²) in [6, 6.07) is -4.76. The minimum Gasteiger partial charge on any atom is -0.496 e. The summed E-state index contributed by atoms with van der Waals surface area (Å²) in [5, 5.41) is 24.8. The number of halogens is 1. The van der Waals surface area contributed by atoms with Crippen LogP contribution >= 0.6 is 15.9 Å². The Hall–Kier alpha value is -5.36. The lowest BCUT2D eigenvalue weighted by atomic mass is 9.91. The Labute approximate surface area is 420 Å². The third-order valence-electron chi connectivity index (χ3n) is 12.4. The predicted octanol–water partition coefficient (Wildman–Crippen LogP) is -0.170. The standard InChI is InChI=1S/C46H73BrN10O12S/c1-10-13-34(58)51-30(19-21-70(9)67)40(61)55-37-26(6)69-45(66)36(24(3)4)54-41(62)32(23-27-15-17-33(68-8)28(47)22-27)56(7)44(65)38(25(5)11-2)57-35(59)18-16-31(43(57)64)53-39(60)29(52-42(37)63)14-12-20-50-46(48)49/h15,17,22,24-26,29-32,35-38,59H,10-14,16,18-21,23H2,1-9H3,(H,51,58)(H,52,63)(H,53,60)(H,54,62)(H,55,61)(H4,48,49,50). The first kappa shape index (κ1) is 59.0. The van der Waals surface area contributed by atoms with Crippen molar-refractivity contribution in [3.05, 3.63) is 28.2 Å². The second kappa shape index (κ2) is 27.9. The quantitative estimate of drug-likeness (QED) is 0.0410. The van der Waals surface area contributed by atoms with Gasteiger partial charge in [-0.05, 0) is 90.9 Å². The number of hydrogen-bond donors (Lipinski definition) is 8. The third kappa shape index (κ3) is 16.6. The van der Waals surface area contributed by atoms with Gasteiger partial charge >= 0.3 is 5.97 Å². The van der Waals surface area contributed by atoms with E-state index in [0.29, 0.717) is 28.6 Å². The summed E-state index contributed by atoms with van der Waals surface area (Å²) in [7, 11) is 1.49. The van der Waals surface area contributed by atoms with Gasteiger partial charge in [-0.15, -0.1) is 0 Å². The van der Waals surface area contributed by atoms with E-state index < -0.39 is 125 Å². The molecule has 0 radical (unpaired) electrons. The number of methoxy groups -OCH3 is 1. The van der Waals surface area contributed by atoms with Gasteiger partial charge in [-0.2, -0.15) is 0 Å². The number of cyclic esters (lactones) is 1. The highest BCUT2D eigenvalue weighted by molar-refractivity contribution is 9.10. The van der Waals surface area contributed by atoms with Crippen molar-refractivity contribution in [3.8, 4) is 5.75 Å². The fraction of sp³-hybridized carbons (Fsp3) is 0.674. The molecule has 70 heavy (non-hydrogen) atoms. The number of benzene rings is 1. The summed E-state index contributed by atoms with van der Waals surface area (Å²) in [5.41, 5.74) is 11.6. The number of aliphatic hydroxyl groups is 1. The molecule has 24 heteroatoms. The van der Waals surface area contributed by atoms with Gasteiger partial charge in [0.15, 0.2) is 5.96 Å². The van der Waals surface area contributed by atoms with Crippen LogP contribution < -0.4 is 42.8 Å². The Balaban J connectivity index is 2.28. The molecule has 0 spiro atoms. The zero-order chi connectivity index (χ0) is 52.6. The predicted molar refractivity (Wildman–Crippen MR) is 265 cm³/mol. The Morgan fingerprint density at radius 1 is 1.03 bits per heavy atom. The lowest BCUT2D eigenvalue weighted by Crippen LogP contribution is -2.66. The number of amides is 7.